The fourth-order valence-corrected chi connectivity index (χ4v) is 4.73. The zero-order valence-corrected chi connectivity index (χ0v) is 18.6. The zero-order chi connectivity index (χ0) is 22.7. The number of likely N-dealkylation sites (tertiary alicyclic amines) is 1. The van der Waals surface area contributed by atoms with Crippen molar-refractivity contribution in [3.05, 3.63) is 64.1 Å². The van der Waals surface area contributed by atoms with Crippen molar-refractivity contribution in [2.45, 2.75) is 23.8 Å². The minimum atomic E-state index is -1.06. The van der Waals surface area contributed by atoms with Crippen LogP contribution in [0.4, 0.5) is 25.0 Å². The van der Waals surface area contributed by atoms with Crippen LogP contribution in [0.5, 0.6) is 0 Å². The Balaban J connectivity index is 1.44. The van der Waals surface area contributed by atoms with E-state index in [2.05, 4.69) is 20.8 Å². The second kappa shape index (κ2) is 9.61. The van der Waals surface area contributed by atoms with Gasteiger partial charge in [0.1, 0.15) is 5.01 Å². The van der Waals surface area contributed by atoms with E-state index in [-0.39, 0.29) is 22.8 Å². The number of benzene rings is 2. The van der Waals surface area contributed by atoms with Crippen molar-refractivity contribution >= 4 is 46.4 Å². The van der Waals surface area contributed by atoms with Crippen LogP contribution in [0.2, 0.25) is 0 Å². The number of urea groups is 1. The van der Waals surface area contributed by atoms with E-state index in [1.165, 1.54) is 6.07 Å². The molecule has 3 aromatic rings. The fourth-order valence-electron chi connectivity index (χ4n) is 3.38. The lowest BCUT2D eigenvalue weighted by molar-refractivity contribution is 0.102. The topological polar surface area (TPSA) is 87.2 Å². The largest absolute Gasteiger partial charge is 0.322 e. The van der Waals surface area contributed by atoms with Gasteiger partial charge < -0.3 is 15.5 Å². The molecular formula is C21H19F2N5O2S2. The number of hydrogen-bond donors (Lipinski definition) is 2. The standard InChI is InChI=1S/C21H19F2N5O2S2/c1-31-14-5-2-4-12(10-14)25-21(30)28-9-3-6-17(28)19-26-27-20(32-19)18(29)24-13-7-8-15(22)16(23)11-13/h2,4-5,7-8,10-11,17H,3,6,9H2,1H3,(H,24,29)(H,25,30)/t17-/m1/s1. The lowest BCUT2D eigenvalue weighted by Crippen LogP contribution is -2.34. The number of anilines is 2. The maximum absolute atomic E-state index is 13.4. The normalized spacial score (nSPS) is 15.6. The van der Waals surface area contributed by atoms with Crippen LogP contribution in [-0.2, 0) is 0 Å². The first kappa shape index (κ1) is 22.2. The van der Waals surface area contributed by atoms with Crippen molar-refractivity contribution in [3.63, 3.8) is 0 Å². The monoisotopic (exact) mass is 475 g/mol. The second-order valence-electron chi connectivity index (χ2n) is 7.04. The lowest BCUT2D eigenvalue weighted by Gasteiger charge is -2.23. The molecule has 0 radical (unpaired) electrons. The molecule has 1 aliphatic rings. The average molecular weight is 476 g/mol. The van der Waals surface area contributed by atoms with Gasteiger partial charge in [0.15, 0.2) is 11.6 Å². The summed E-state index contributed by atoms with van der Waals surface area (Å²) in [7, 11) is 0. The smallest absolute Gasteiger partial charge is 0.320 e. The summed E-state index contributed by atoms with van der Waals surface area (Å²) in [6.07, 6.45) is 3.48. The number of amides is 3. The van der Waals surface area contributed by atoms with Crippen LogP contribution in [0.25, 0.3) is 0 Å². The summed E-state index contributed by atoms with van der Waals surface area (Å²) < 4.78 is 26.4. The van der Waals surface area contributed by atoms with Crippen molar-refractivity contribution in [2.75, 3.05) is 23.4 Å². The fraction of sp³-hybridized carbons (Fsp3) is 0.238. The molecule has 2 heterocycles. The summed E-state index contributed by atoms with van der Waals surface area (Å²) in [5.41, 5.74) is 0.816. The Morgan fingerprint density at radius 2 is 1.91 bits per heavy atom. The molecule has 7 nitrogen and oxygen atoms in total. The number of carbonyl (C=O) groups excluding carboxylic acids is 2. The third kappa shape index (κ3) is 4.89. The molecule has 2 N–H and O–H groups in total. The molecule has 0 unspecified atom stereocenters. The number of nitrogens with zero attached hydrogens (tertiary/aromatic N) is 3. The highest BCUT2D eigenvalue weighted by Crippen LogP contribution is 2.34. The summed E-state index contributed by atoms with van der Waals surface area (Å²) in [6.45, 7) is 0.564. The van der Waals surface area contributed by atoms with Crippen molar-refractivity contribution in [3.8, 4) is 0 Å². The van der Waals surface area contributed by atoms with Gasteiger partial charge in [-0.05, 0) is 49.4 Å². The van der Waals surface area contributed by atoms with E-state index in [0.29, 0.717) is 23.7 Å². The van der Waals surface area contributed by atoms with Gasteiger partial charge in [-0.3, -0.25) is 4.79 Å². The molecule has 4 rings (SSSR count). The zero-order valence-electron chi connectivity index (χ0n) is 17.0. The third-order valence-corrected chi connectivity index (χ3v) is 6.68. The third-order valence-electron chi connectivity index (χ3n) is 4.93. The van der Waals surface area contributed by atoms with Gasteiger partial charge in [0.2, 0.25) is 5.01 Å². The number of carbonyl (C=O) groups is 2. The molecule has 1 saturated heterocycles. The highest BCUT2D eigenvalue weighted by Gasteiger charge is 2.33. The number of thioether (sulfide) groups is 1. The van der Waals surface area contributed by atoms with Gasteiger partial charge in [0.25, 0.3) is 5.91 Å². The highest BCUT2D eigenvalue weighted by atomic mass is 32.2. The molecule has 1 aliphatic heterocycles. The van der Waals surface area contributed by atoms with Gasteiger partial charge in [-0.1, -0.05) is 17.4 Å². The van der Waals surface area contributed by atoms with Crippen LogP contribution in [0.15, 0.2) is 47.4 Å². The minimum Gasteiger partial charge on any atom is -0.320 e. The Kier molecular flexibility index (Phi) is 6.66. The first-order valence-corrected chi connectivity index (χ1v) is 11.8. The number of halogens is 2. The van der Waals surface area contributed by atoms with Crippen molar-refractivity contribution in [2.24, 2.45) is 0 Å². The minimum absolute atomic E-state index is 0.0738. The summed E-state index contributed by atoms with van der Waals surface area (Å²) in [6, 6.07) is 10.1. The summed E-state index contributed by atoms with van der Waals surface area (Å²) in [5.74, 6) is -2.64. The molecule has 32 heavy (non-hydrogen) atoms. The number of aromatic nitrogens is 2. The predicted molar refractivity (Wildman–Crippen MR) is 120 cm³/mol. The quantitative estimate of drug-likeness (QED) is 0.498. The van der Waals surface area contributed by atoms with Gasteiger partial charge in [-0.2, -0.15) is 0 Å². The maximum Gasteiger partial charge on any atom is 0.322 e. The first-order chi connectivity index (χ1) is 15.4. The SMILES string of the molecule is CSc1cccc(NC(=O)N2CCC[C@@H]2c2nnc(C(=O)Nc3ccc(F)c(F)c3)s2)c1. The van der Waals surface area contributed by atoms with E-state index in [0.717, 1.165) is 34.8 Å². The Labute approximate surface area is 191 Å². The van der Waals surface area contributed by atoms with Gasteiger partial charge >= 0.3 is 6.03 Å². The van der Waals surface area contributed by atoms with Crippen molar-refractivity contribution in [1.82, 2.24) is 15.1 Å². The second-order valence-corrected chi connectivity index (χ2v) is 8.93. The molecule has 1 fully saturated rings. The molecule has 2 aromatic carbocycles. The van der Waals surface area contributed by atoms with Gasteiger partial charge in [-0.15, -0.1) is 22.0 Å². The van der Waals surface area contributed by atoms with E-state index in [1.54, 1.807) is 16.7 Å². The Hall–Kier alpha value is -3.05. The molecule has 11 heteroatoms. The van der Waals surface area contributed by atoms with Gasteiger partial charge in [0.05, 0.1) is 6.04 Å². The van der Waals surface area contributed by atoms with Crippen LogP contribution in [0.1, 0.15) is 33.7 Å². The predicted octanol–water partition coefficient (Wildman–Crippen LogP) is 5.16. The van der Waals surface area contributed by atoms with Crippen molar-refractivity contribution in [1.29, 1.82) is 0 Å². The molecule has 0 aliphatic carbocycles. The Morgan fingerprint density at radius 1 is 1.09 bits per heavy atom. The molecule has 166 valence electrons. The number of hydrogen-bond acceptors (Lipinski definition) is 6. The molecule has 3 amide bonds. The van der Waals surface area contributed by atoms with Crippen LogP contribution < -0.4 is 10.6 Å². The summed E-state index contributed by atoms with van der Waals surface area (Å²) in [4.78, 5) is 28.0. The highest BCUT2D eigenvalue weighted by molar-refractivity contribution is 7.98. The molecule has 0 bridgehead atoms. The van der Waals surface area contributed by atoms with E-state index in [1.807, 2.05) is 30.5 Å². The Morgan fingerprint density at radius 3 is 2.69 bits per heavy atom. The van der Waals surface area contributed by atoms with E-state index in [4.69, 9.17) is 0 Å². The molecule has 0 spiro atoms. The maximum atomic E-state index is 13.4. The van der Waals surface area contributed by atoms with Crippen molar-refractivity contribution < 1.29 is 18.4 Å². The van der Waals surface area contributed by atoms with Gasteiger partial charge in [0, 0.05) is 28.9 Å². The van der Waals surface area contributed by atoms with Crippen LogP contribution in [0.3, 0.4) is 0 Å². The lowest BCUT2D eigenvalue weighted by atomic mass is 10.2. The van der Waals surface area contributed by atoms with Crippen LogP contribution in [0, 0.1) is 11.6 Å². The van der Waals surface area contributed by atoms with E-state index >= 15 is 0 Å². The van der Waals surface area contributed by atoms with E-state index in [9.17, 15) is 18.4 Å². The number of rotatable bonds is 5. The van der Waals surface area contributed by atoms with Gasteiger partial charge in [-0.25, -0.2) is 13.6 Å². The number of nitrogens with one attached hydrogen (secondary N) is 2. The molecular weight excluding hydrogens is 456 g/mol. The van der Waals surface area contributed by atoms with E-state index < -0.39 is 17.5 Å². The summed E-state index contributed by atoms with van der Waals surface area (Å²) in [5, 5.41) is 14.0. The molecule has 0 saturated carbocycles. The Bertz CT molecular complexity index is 1160. The first-order valence-electron chi connectivity index (χ1n) is 9.76. The van der Waals surface area contributed by atoms with Crippen LogP contribution >= 0.6 is 23.1 Å². The average Bonchev–Trinajstić information content (AvgIpc) is 3.46. The molecule has 1 atom stereocenters. The summed E-state index contributed by atoms with van der Waals surface area (Å²) >= 11 is 2.66. The van der Waals surface area contributed by atoms with Crippen LogP contribution in [-0.4, -0.2) is 39.8 Å². The molecule has 1 aromatic heterocycles.